The van der Waals surface area contributed by atoms with Gasteiger partial charge in [0.25, 0.3) is 0 Å². The molecule has 8 nitrogen and oxygen atoms in total. The maximum absolute atomic E-state index is 5.65. The maximum atomic E-state index is 5.65. The molecule has 138 valence electrons. The van der Waals surface area contributed by atoms with Crippen molar-refractivity contribution in [1.82, 2.24) is 20.4 Å². The molecule has 0 unspecified atom stereocenters. The molecule has 4 aromatic rings. The van der Waals surface area contributed by atoms with Gasteiger partial charge in [-0.15, -0.1) is 20.4 Å². The summed E-state index contributed by atoms with van der Waals surface area (Å²) in [6.45, 7) is 0. The lowest BCUT2D eigenvalue weighted by atomic mass is 10.1. The summed E-state index contributed by atoms with van der Waals surface area (Å²) in [5.74, 6) is 2.77. The van der Waals surface area contributed by atoms with Gasteiger partial charge in [-0.1, -0.05) is 24.3 Å². The Balaban J connectivity index is 1.43. The molecule has 0 saturated carbocycles. The summed E-state index contributed by atoms with van der Waals surface area (Å²) in [5, 5.41) is 15.3. The molecule has 2 aromatic heterocycles. The first-order valence-corrected chi connectivity index (χ1v) is 8.40. The fraction of sp³-hybridized carbons (Fsp3) is 0. The van der Waals surface area contributed by atoms with Crippen LogP contribution in [-0.2, 0) is 0 Å². The second-order valence-corrected chi connectivity index (χ2v) is 5.85. The van der Waals surface area contributed by atoms with Crippen molar-refractivity contribution in [3.63, 3.8) is 0 Å². The van der Waals surface area contributed by atoms with E-state index in [1.807, 2.05) is 48.5 Å². The van der Waals surface area contributed by atoms with E-state index in [0.717, 1.165) is 11.1 Å². The Labute approximate surface area is 160 Å². The maximum Gasteiger partial charge on any atom is 0.238 e. The van der Waals surface area contributed by atoms with Crippen molar-refractivity contribution in [2.75, 3.05) is 11.5 Å². The Morgan fingerprint density at radius 2 is 0.857 bits per heavy atom. The lowest BCUT2D eigenvalue weighted by Crippen LogP contribution is -1.95. The minimum absolute atomic E-state index is 0.346. The van der Waals surface area contributed by atoms with Crippen LogP contribution in [0.3, 0.4) is 0 Å². The van der Waals surface area contributed by atoms with Crippen molar-refractivity contribution in [2.45, 2.75) is 0 Å². The number of rotatable bonds is 5. The van der Waals surface area contributed by atoms with Gasteiger partial charge in [0.1, 0.15) is 23.1 Å². The minimum atomic E-state index is 0.346. The van der Waals surface area contributed by atoms with Gasteiger partial charge in [0.15, 0.2) is 0 Å². The van der Waals surface area contributed by atoms with E-state index in [4.69, 9.17) is 20.9 Å². The van der Waals surface area contributed by atoms with Crippen LogP contribution in [0, 0.1) is 0 Å². The van der Waals surface area contributed by atoms with Crippen molar-refractivity contribution in [2.24, 2.45) is 0 Å². The Hall–Kier alpha value is -4.20. The number of ether oxygens (including phenoxy) is 2. The Kier molecular flexibility index (Phi) is 4.67. The summed E-state index contributed by atoms with van der Waals surface area (Å²) in [4.78, 5) is 0. The van der Waals surface area contributed by atoms with Crippen LogP contribution in [0.4, 0.5) is 11.6 Å². The first kappa shape index (κ1) is 17.2. The zero-order valence-electron chi connectivity index (χ0n) is 14.7. The highest BCUT2D eigenvalue weighted by Crippen LogP contribution is 2.27. The van der Waals surface area contributed by atoms with Gasteiger partial charge >= 0.3 is 0 Å². The van der Waals surface area contributed by atoms with Gasteiger partial charge in [-0.2, -0.15) is 0 Å². The number of aromatic nitrogens is 4. The van der Waals surface area contributed by atoms with Gasteiger partial charge < -0.3 is 20.9 Å². The molecule has 0 bridgehead atoms. The van der Waals surface area contributed by atoms with Crippen LogP contribution in [0.5, 0.6) is 23.3 Å². The molecule has 0 amide bonds. The van der Waals surface area contributed by atoms with Crippen molar-refractivity contribution in [1.29, 1.82) is 0 Å². The van der Waals surface area contributed by atoms with Crippen LogP contribution in [0.15, 0.2) is 72.8 Å². The van der Waals surface area contributed by atoms with Crippen LogP contribution in [0.2, 0.25) is 0 Å². The van der Waals surface area contributed by atoms with E-state index in [-0.39, 0.29) is 0 Å². The average Bonchev–Trinajstić information content (AvgIpc) is 2.73. The standard InChI is InChI=1S/C20H16N6O2/c21-17-9-11-19(25-23-17)27-15-5-1-13(2-6-15)14-3-7-16(8-4-14)28-20-12-10-18(22)24-26-20/h1-12H,(H2,21,23)(H2,22,24). The minimum Gasteiger partial charge on any atom is -0.438 e. The number of nitrogens with two attached hydrogens (primary N) is 2. The second kappa shape index (κ2) is 7.58. The van der Waals surface area contributed by atoms with Crippen LogP contribution >= 0.6 is 0 Å². The third-order valence-electron chi connectivity index (χ3n) is 3.81. The highest BCUT2D eigenvalue weighted by Gasteiger charge is 2.04. The average molecular weight is 372 g/mol. The molecule has 0 spiro atoms. The number of hydrogen-bond donors (Lipinski definition) is 2. The van der Waals surface area contributed by atoms with E-state index >= 15 is 0 Å². The molecule has 2 heterocycles. The molecule has 0 aliphatic carbocycles. The van der Waals surface area contributed by atoms with Crippen LogP contribution in [-0.4, -0.2) is 20.4 Å². The Morgan fingerprint density at radius 1 is 0.464 bits per heavy atom. The predicted molar refractivity (Wildman–Crippen MR) is 105 cm³/mol. The number of nitrogens with zero attached hydrogens (tertiary/aromatic N) is 4. The molecule has 28 heavy (non-hydrogen) atoms. The number of anilines is 2. The third-order valence-corrected chi connectivity index (χ3v) is 3.81. The molecule has 8 heteroatoms. The van der Waals surface area contributed by atoms with Gasteiger partial charge in [-0.3, -0.25) is 0 Å². The zero-order valence-corrected chi connectivity index (χ0v) is 14.7. The quantitative estimate of drug-likeness (QED) is 0.544. The van der Waals surface area contributed by atoms with Crippen LogP contribution < -0.4 is 20.9 Å². The highest BCUT2D eigenvalue weighted by molar-refractivity contribution is 5.65. The van der Waals surface area contributed by atoms with Gasteiger partial charge in [0.2, 0.25) is 11.8 Å². The van der Waals surface area contributed by atoms with Gasteiger partial charge in [-0.05, 0) is 47.5 Å². The molecule has 0 aliphatic heterocycles. The van der Waals surface area contributed by atoms with Gasteiger partial charge in [-0.25, -0.2) is 0 Å². The summed E-state index contributed by atoms with van der Waals surface area (Å²) in [5.41, 5.74) is 13.1. The summed E-state index contributed by atoms with van der Waals surface area (Å²) in [6, 6.07) is 21.9. The largest absolute Gasteiger partial charge is 0.438 e. The summed E-state index contributed by atoms with van der Waals surface area (Å²) >= 11 is 0. The topological polar surface area (TPSA) is 122 Å². The van der Waals surface area contributed by atoms with Crippen molar-refractivity contribution in [3.8, 4) is 34.4 Å². The molecule has 0 radical (unpaired) electrons. The first-order chi connectivity index (χ1) is 13.7. The number of nitrogen functional groups attached to an aromatic ring is 2. The first-order valence-electron chi connectivity index (χ1n) is 8.40. The molecule has 0 fully saturated rings. The van der Waals surface area contributed by atoms with Crippen molar-refractivity contribution in [3.05, 3.63) is 72.8 Å². The van der Waals surface area contributed by atoms with E-state index in [0.29, 0.717) is 34.9 Å². The van der Waals surface area contributed by atoms with Crippen LogP contribution in [0.1, 0.15) is 0 Å². The van der Waals surface area contributed by atoms with Gasteiger partial charge in [0, 0.05) is 12.1 Å². The Bertz CT molecular complexity index is 961. The van der Waals surface area contributed by atoms with E-state index in [1.165, 1.54) is 0 Å². The second-order valence-electron chi connectivity index (χ2n) is 5.85. The van der Waals surface area contributed by atoms with Gasteiger partial charge in [0.05, 0.1) is 0 Å². The summed E-state index contributed by atoms with van der Waals surface area (Å²) < 4.78 is 11.3. The molecule has 2 aromatic carbocycles. The molecule has 0 aliphatic rings. The molecule has 0 saturated heterocycles. The number of hydrogen-bond acceptors (Lipinski definition) is 8. The normalized spacial score (nSPS) is 10.4. The van der Waals surface area contributed by atoms with Crippen LogP contribution in [0.25, 0.3) is 11.1 Å². The van der Waals surface area contributed by atoms with E-state index in [9.17, 15) is 0 Å². The SMILES string of the molecule is Nc1ccc(Oc2ccc(-c3ccc(Oc4ccc(N)nn4)cc3)cc2)nn1. The van der Waals surface area contributed by atoms with Crippen molar-refractivity contribution < 1.29 is 9.47 Å². The predicted octanol–water partition coefficient (Wildman–Crippen LogP) is 3.68. The summed E-state index contributed by atoms with van der Waals surface area (Å²) in [7, 11) is 0. The summed E-state index contributed by atoms with van der Waals surface area (Å²) in [6.07, 6.45) is 0. The number of benzene rings is 2. The lowest BCUT2D eigenvalue weighted by Gasteiger charge is -2.07. The lowest BCUT2D eigenvalue weighted by molar-refractivity contribution is 0.455. The molecule has 0 atom stereocenters. The third kappa shape index (κ3) is 4.13. The zero-order chi connectivity index (χ0) is 19.3. The monoisotopic (exact) mass is 372 g/mol. The van der Waals surface area contributed by atoms with E-state index < -0.39 is 0 Å². The molecular formula is C20H16N6O2. The molecular weight excluding hydrogens is 356 g/mol. The van der Waals surface area contributed by atoms with E-state index in [1.54, 1.807) is 24.3 Å². The van der Waals surface area contributed by atoms with E-state index in [2.05, 4.69) is 20.4 Å². The molecule has 4 N–H and O–H groups in total. The fourth-order valence-corrected chi connectivity index (χ4v) is 2.44. The van der Waals surface area contributed by atoms with Crippen molar-refractivity contribution >= 4 is 11.6 Å². The fourth-order valence-electron chi connectivity index (χ4n) is 2.44. The smallest absolute Gasteiger partial charge is 0.238 e. The Morgan fingerprint density at radius 3 is 1.18 bits per heavy atom. The molecule has 4 rings (SSSR count). The highest BCUT2D eigenvalue weighted by atomic mass is 16.5.